The van der Waals surface area contributed by atoms with Crippen LogP contribution < -0.4 is 15.4 Å². The van der Waals surface area contributed by atoms with E-state index in [1.807, 2.05) is 24.3 Å². The van der Waals surface area contributed by atoms with Gasteiger partial charge in [0.05, 0.1) is 10.6 Å². The van der Waals surface area contributed by atoms with E-state index >= 15 is 0 Å². The highest BCUT2D eigenvalue weighted by Gasteiger charge is 2.11. The molecule has 2 amide bonds. The molecule has 8 heteroatoms. The van der Waals surface area contributed by atoms with Gasteiger partial charge in [-0.05, 0) is 48.4 Å². The number of hydrogen-bond acceptors (Lipinski definition) is 4. The number of ether oxygens (including phenoxy) is 1. The first kappa shape index (κ1) is 21.6. The lowest BCUT2D eigenvalue weighted by atomic mass is 10.1. The molecule has 30 heavy (non-hydrogen) atoms. The number of nitrogens with zero attached hydrogens (tertiary/aromatic N) is 1. The van der Waals surface area contributed by atoms with Crippen LogP contribution in [0.5, 0.6) is 11.5 Å². The summed E-state index contributed by atoms with van der Waals surface area (Å²) in [5.41, 5.74) is 1.59. The Labute approximate surface area is 184 Å². The minimum absolute atomic E-state index is 0.272. The fourth-order valence-electron chi connectivity index (χ4n) is 2.71. The molecule has 0 saturated heterocycles. The normalized spacial score (nSPS) is 10.4. The molecule has 2 N–H and O–H groups in total. The zero-order valence-corrected chi connectivity index (χ0v) is 17.6. The number of amides is 2. The first-order chi connectivity index (χ1) is 14.5. The van der Waals surface area contributed by atoms with Crippen LogP contribution in [0.15, 0.2) is 60.8 Å². The third-order valence-electron chi connectivity index (χ3n) is 4.20. The van der Waals surface area contributed by atoms with Crippen molar-refractivity contribution in [2.24, 2.45) is 0 Å². The smallest absolute Gasteiger partial charge is 0.269 e. The number of halogens is 2. The molecule has 0 aliphatic rings. The Morgan fingerprint density at radius 2 is 1.80 bits per heavy atom. The van der Waals surface area contributed by atoms with Crippen LogP contribution >= 0.6 is 23.2 Å². The second-order valence-electron chi connectivity index (χ2n) is 6.34. The number of aromatic nitrogens is 1. The number of pyridine rings is 1. The molecule has 0 aliphatic heterocycles. The third-order valence-corrected chi connectivity index (χ3v) is 4.76. The van der Waals surface area contributed by atoms with E-state index in [0.29, 0.717) is 40.1 Å². The van der Waals surface area contributed by atoms with Gasteiger partial charge in [0.2, 0.25) is 0 Å². The summed E-state index contributed by atoms with van der Waals surface area (Å²) >= 11 is 12.0. The highest BCUT2D eigenvalue weighted by molar-refractivity contribution is 6.35. The summed E-state index contributed by atoms with van der Waals surface area (Å²) < 4.78 is 5.84. The maximum Gasteiger partial charge on any atom is 0.269 e. The van der Waals surface area contributed by atoms with Crippen LogP contribution in [0.2, 0.25) is 10.0 Å². The van der Waals surface area contributed by atoms with Crippen molar-refractivity contribution in [3.63, 3.8) is 0 Å². The fourth-order valence-corrected chi connectivity index (χ4v) is 3.09. The molecule has 3 aromatic rings. The molecule has 3 rings (SSSR count). The van der Waals surface area contributed by atoms with E-state index in [1.54, 1.807) is 31.3 Å². The Kier molecular flexibility index (Phi) is 7.27. The quantitative estimate of drug-likeness (QED) is 0.562. The predicted molar refractivity (Wildman–Crippen MR) is 117 cm³/mol. The molecule has 0 fully saturated rings. The molecule has 6 nitrogen and oxygen atoms in total. The Bertz CT molecular complexity index is 1070. The zero-order valence-electron chi connectivity index (χ0n) is 16.1. The van der Waals surface area contributed by atoms with Crippen LogP contribution in [0.4, 0.5) is 0 Å². The highest BCUT2D eigenvalue weighted by Crippen LogP contribution is 2.23. The Balaban J connectivity index is 1.60. The molecule has 0 saturated carbocycles. The van der Waals surface area contributed by atoms with Gasteiger partial charge >= 0.3 is 0 Å². The largest absolute Gasteiger partial charge is 0.457 e. The van der Waals surface area contributed by atoms with Crippen LogP contribution in [-0.4, -0.2) is 30.4 Å². The van der Waals surface area contributed by atoms with E-state index in [2.05, 4.69) is 15.6 Å². The zero-order chi connectivity index (χ0) is 21.5. The van der Waals surface area contributed by atoms with Gasteiger partial charge in [0, 0.05) is 30.9 Å². The van der Waals surface area contributed by atoms with E-state index in [-0.39, 0.29) is 17.5 Å². The summed E-state index contributed by atoms with van der Waals surface area (Å²) in [6.45, 7) is 0.418. The van der Waals surface area contributed by atoms with Crippen molar-refractivity contribution in [2.75, 3.05) is 13.6 Å². The van der Waals surface area contributed by atoms with Gasteiger partial charge in [0.1, 0.15) is 17.2 Å². The van der Waals surface area contributed by atoms with Crippen molar-refractivity contribution < 1.29 is 14.3 Å². The lowest BCUT2D eigenvalue weighted by Gasteiger charge is -2.10. The van der Waals surface area contributed by atoms with Crippen molar-refractivity contribution in [1.82, 2.24) is 15.6 Å². The number of rotatable bonds is 7. The molecule has 1 heterocycles. The molecule has 0 spiro atoms. The van der Waals surface area contributed by atoms with Gasteiger partial charge in [-0.25, -0.2) is 0 Å². The maximum atomic E-state index is 12.3. The molecular formula is C22H19Cl2N3O3. The summed E-state index contributed by atoms with van der Waals surface area (Å²) in [4.78, 5) is 28.0. The van der Waals surface area contributed by atoms with Gasteiger partial charge in [-0.2, -0.15) is 0 Å². The lowest BCUT2D eigenvalue weighted by molar-refractivity contribution is 0.0947. The minimum atomic E-state index is -0.287. The lowest BCUT2D eigenvalue weighted by Crippen LogP contribution is -2.26. The molecule has 2 aromatic carbocycles. The van der Waals surface area contributed by atoms with E-state index in [9.17, 15) is 9.59 Å². The Morgan fingerprint density at radius 1 is 1.00 bits per heavy atom. The number of carbonyl (C=O) groups excluding carboxylic acids is 2. The molecule has 1 aromatic heterocycles. The van der Waals surface area contributed by atoms with Crippen LogP contribution in [0.25, 0.3) is 0 Å². The summed E-state index contributed by atoms with van der Waals surface area (Å²) in [7, 11) is 1.54. The average Bonchev–Trinajstić information content (AvgIpc) is 2.75. The maximum absolute atomic E-state index is 12.3. The van der Waals surface area contributed by atoms with Crippen molar-refractivity contribution in [3.05, 3.63) is 87.7 Å². The first-order valence-electron chi connectivity index (χ1n) is 9.14. The van der Waals surface area contributed by atoms with E-state index < -0.39 is 0 Å². The van der Waals surface area contributed by atoms with Gasteiger partial charge in [0.25, 0.3) is 11.8 Å². The summed E-state index contributed by atoms with van der Waals surface area (Å²) in [5.74, 6) is 0.550. The molecule has 0 atom stereocenters. The molecule has 0 unspecified atom stereocenters. The van der Waals surface area contributed by atoms with Crippen LogP contribution in [0.1, 0.15) is 26.4 Å². The highest BCUT2D eigenvalue weighted by atomic mass is 35.5. The number of benzene rings is 2. The summed E-state index contributed by atoms with van der Waals surface area (Å²) in [6.07, 6.45) is 2.11. The standard InChI is InChI=1S/C22H19Cl2N3O3/c1-25-22(29)20-13-17(8-10-26-20)30-16-4-2-3-14(11-16)7-9-27-21(28)18-12-15(23)5-6-19(18)24/h2-6,8,10-13H,7,9H2,1H3,(H,25,29)(H,27,28). The SMILES string of the molecule is CNC(=O)c1cc(Oc2cccc(CCNC(=O)c3cc(Cl)ccc3Cl)c2)ccn1. The Morgan fingerprint density at radius 3 is 2.60 bits per heavy atom. The van der Waals surface area contributed by atoms with Crippen LogP contribution in [0.3, 0.4) is 0 Å². The van der Waals surface area contributed by atoms with Crippen molar-refractivity contribution in [1.29, 1.82) is 0 Å². The fraction of sp³-hybridized carbons (Fsp3) is 0.136. The number of hydrogen-bond donors (Lipinski definition) is 2. The molecule has 0 radical (unpaired) electrons. The molecule has 154 valence electrons. The predicted octanol–water partition coefficient (Wildman–Crippen LogP) is 4.51. The summed E-state index contributed by atoms with van der Waals surface area (Å²) in [6, 6.07) is 15.5. The van der Waals surface area contributed by atoms with Crippen molar-refractivity contribution in [2.45, 2.75) is 6.42 Å². The van der Waals surface area contributed by atoms with E-state index in [0.717, 1.165) is 5.56 Å². The second-order valence-corrected chi connectivity index (χ2v) is 7.18. The average molecular weight is 444 g/mol. The van der Waals surface area contributed by atoms with E-state index in [1.165, 1.54) is 12.3 Å². The van der Waals surface area contributed by atoms with Crippen LogP contribution in [-0.2, 0) is 6.42 Å². The van der Waals surface area contributed by atoms with Gasteiger partial charge in [-0.1, -0.05) is 35.3 Å². The summed E-state index contributed by atoms with van der Waals surface area (Å²) in [5, 5.41) is 6.16. The molecular weight excluding hydrogens is 425 g/mol. The van der Waals surface area contributed by atoms with Crippen LogP contribution in [0, 0.1) is 0 Å². The van der Waals surface area contributed by atoms with Gasteiger partial charge in [0.15, 0.2) is 0 Å². The number of carbonyl (C=O) groups is 2. The van der Waals surface area contributed by atoms with Gasteiger partial charge < -0.3 is 15.4 Å². The Hall–Kier alpha value is -3.09. The first-order valence-corrected chi connectivity index (χ1v) is 9.90. The van der Waals surface area contributed by atoms with Crippen molar-refractivity contribution in [3.8, 4) is 11.5 Å². The van der Waals surface area contributed by atoms with E-state index in [4.69, 9.17) is 27.9 Å². The second kappa shape index (κ2) is 10.1. The topological polar surface area (TPSA) is 80.3 Å². The number of nitrogens with one attached hydrogen (secondary N) is 2. The van der Waals surface area contributed by atoms with Gasteiger partial charge in [-0.3, -0.25) is 14.6 Å². The molecule has 0 aliphatic carbocycles. The third kappa shape index (κ3) is 5.72. The van der Waals surface area contributed by atoms with Gasteiger partial charge in [-0.15, -0.1) is 0 Å². The van der Waals surface area contributed by atoms with Crippen molar-refractivity contribution >= 4 is 35.0 Å². The minimum Gasteiger partial charge on any atom is -0.457 e. The monoisotopic (exact) mass is 443 g/mol. The molecule has 0 bridgehead atoms.